The molecule has 1 aromatic carbocycles. The first-order chi connectivity index (χ1) is 7.51. The lowest BCUT2D eigenvalue weighted by molar-refractivity contribution is 0.0323. The highest BCUT2D eigenvalue weighted by Crippen LogP contribution is 2.23. The third kappa shape index (κ3) is 2.68. The summed E-state index contributed by atoms with van der Waals surface area (Å²) in [5.74, 6) is -2.21. The summed E-state index contributed by atoms with van der Waals surface area (Å²) < 4.78 is 26.4. The first-order valence-corrected chi connectivity index (χ1v) is 5.05. The Morgan fingerprint density at radius 3 is 2.06 bits per heavy atom. The van der Waals surface area contributed by atoms with Crippen LogP contribution >= 0.6 is 11.6 Å². The van der Waals surface area contributed by atoms with Gasteiger partial charge in [0.25, 0.3) is 0 Å². The third-order valence-corrected chi connectivity index (χ3v) is 2.50. The number of rotatable bonds is 4. The van der Waals surface area contributed by atoms with Gasteiger partial charge in [0.15, 0.2) is 0 Å². The fourth-order valence-electron chi connectivity index (χ4n) is 1.25. The summed E-state index contributed by atoms with van der Waals surface area (Å²) in [5.41, 5.74) is -0.600. The molecule has 0 aromatic heterocycles. The molecule has 2 atom stereocenters. The van der Waals surface area contributed by atoms with Crippen molar-refractivity contribution in [3.63, 3.8) is 0 Å². The van der Waals surface area contributed by atoms with Gasteiger partial charge in [-0.1, -0.05) is 0 Å². The fourth-order valence-corrected chi connectivity index (χ4v) is 1.42. The van der Waals surface area contributed by atoms with E-state index in [9.17, 15) is 19.0 Å². The maximum Gasteiger partial charge on any atom is 0.132 e. The van der Waals surface area contributed by atoms with Crippen LogP contribution < -0.4 is 0 Å². The van der Waals surface area contributed by atoms with Crippen LogP contribution in [0, 0.1) is 11.6 Å². The maximum atomic E-state index is 13.2. The summed E-state index contributed by atoms with van der Waals surface area (Å²) in [5, 5.41) is 27.4. The van der Waals surface area contributed by atoms with Crippen LogP contribution in [0.15, 0.2) is 12.1 Å². The third-order valence-electron chi connectivity index (χ3n) is 2.19. The molecule has 1 rings (SSSR count). The predicted molar refractivity (Wildman–Crippen MR) is 54.0 cm³/mol. The van der Waals surface area contributed by atoms with E-state index >= 15 is 0 Å². The van der Waals surface area contributed by atoms with Gasteiger partial charge in [-0.25, -0.2) is 8.78 Å². The van der Waals surface area contributed by atoms with Crippen molar-refractivity contribution in [1.82, 2.24) is 0 Å². The molecular weight excluding hydrogens is 242 g/mol. The molecule has 6 heteroatoms. The van der Waals surface area contributed by atoms with Gasteiger partial charge in [-0.05, 0) is 17.7 Å². The number of hydrogen-bond donors (Lipinski definition) is 3. The molecule has 0 bridgehead atoms. The van der Waals surface area contributed by atoms with Crippen LogP contribution in [-0.4, -0.2) is 27.3 Å². The zero-order chi connectivity index (χ0) is 12.3. The first-order valence-electron chi connectivity index (χ1n) is 4.52. The van der Waals surface area contributed by atoms with Crippen LogP contribution in [0.5, 0.6) is 0 Å². The largest absolute Gasteiger partial charge is 0.391 e. The molecule has 0 radical (unpaired) electrons. The molecular formula is C10H11ClF2O3. The average Bonchev–Trinajstić information content (AvgIpc) is 2.26. The zero-order valence-corrected chi connectivity index (χ0v) is 8.96. The Balaban J connectivity index is 3.08. The summed E-state index contributed by atoms with van der Waals surface area (Å²) in [6.45, 7) is -0.772. The lowest BCUT2D eigenvalue weighted by atomic mass is 10.0. The van der Waals surface area contributed by atoms with Crippen molar-refractivity contribution in [3.05, 3.63) is 34.9 Å². The number of halogens is 3. The summed E-state index contributed by atoms with van der Waals surface area (Å²) in [6, 6.07) is 1.71. The van der Waals surface area contributed by atoms with E-state index in [-0.39, 0.29) is 11.4 Å². The zero-order valence-electron chi connectivity index (χ0n) is 8.20. The normalized spacial score (nSPS) is 14.9. The average molecular weight is 253 g/mol. The molecule has 0 spiro atoms. The van der Waals surface area contributed by atoms with E-state index in [0.717, 1.165) is 12.1 Å². The molecule has 3 nitrogen and oxygen atoms in total. The number of hydrogen-bond acceptors (Lipinski definition) is 3. The molecule has 0 heterocycles. The number of aliphatic hydroxyl groups is 3. The summed E-state index contributed by atoms with van der Waals surface area (Å²) in [6.07, 6.45) is -2.77. The van der Waals surface area contributed by atoms with Gasteiger partial charge in [-0.3, -0.25) is 0 Å². The minimum absolute atomic E-state index is 0.125. The Morgan fingerprint density at radius 1 is 1.19 bits per heavy atom. The minimum atomic E-state index is -1.46. The van der Waals surface area contributed by atoms with Crippen LogP contribution in [0.25, 0.3) is 0 Å². The van der Waals surface area contributed by atoms with E-state index in [2.05, 4.69) is 0 Å². The number of benzene rings is 1. The van der Waals surface area contributed by atoms with Gasteiger partial charge in [0, 0.05) is 5.56 Å². The second-order valence-electron chi connectivity index (χ2n) is 3.29. The predicted octanol–water partition coefficient (Wildman–Crippen LogP) is 1.09. The Morgan fingerprint density at radius 2 is 1.69 bits per heavy atom. The van der Waals surface area contributed by atoms with Crippen molar-refractivity contribution in [2.45, 2.75) is 18.8 Å². The van der Waals surface area contributed by atoms with Crippen molar-refractivity contribution in [1.29, 1.82) is 0 Å². The van der Waals surface area contributed by atoms with Gasteiger partial charge in [-0.2, -0.15) is 0 Å². The Hall–Kier alpha value is -0.750. The maximum absolute atomic E-state index is 13.2. The summed E-state index contributed by atoms with van der Waals surface area (Å²) in [4.78, 5) is 0. The highest BCUT2D eigenvalue weighted by Gasteiger charge is 2.20. The van der Waals surface area contributed by atoms with Crippen molar-refractivity contribution in [2.75, 3.05) is 5.88 Å². The molecule has 0 aliphatic carbocycles. The standard InChI is InChI=1S/C10H11ClF2O3/c11-3-9(15)10(16)5-1-7(12)6(4-14)8(13)2-5/h1-2,9-10,14-16H,3-4H2. The van der Waals surface area contributed by atoms with Crippen molar-refractivity contribution >= 4 is 11.6 Å². The smallest absolute Gasteiger partial charge is 0.132 e. The molecule has 2 unspecified atom stereocenters. The molecule has 1 aromatic rings. The molecule has 16 heavy (non-hydrogen) atoms. The topological polar surface area (TPSA) is 60.7 Å². The van der Waals surface area contributed by atoms with Crippen LogP contribution in [0.1, 0.15) is 17.2 Å². The molecule has 0 saturated carbocycles. The van der Waals surface area contributed by atoms with Gasteiger partial charge < -0.3 is 15.3 Å². The van der Waals surface area contributed by atoms with Crippen molar-refractivity contribution in [3.8, 4) is 0 Å². The monoisotopic (exact) mass is 252 g/mol. The number of aliphatic hydroxyl groups excluding tert-OH is 3. The van der Waals surface area contributed by atoms with Gasteiger partial charge in [-0.15, -0.1) is 11.6 Å². The molecule has 0 aliphatic heterocycles. The van der Waals surface area contributed by atoms with E-state index in [1.807, 2.05) is 0 Å². The molecule has 0 fully saturated rings. The number of alkyl halides is 1. The SMILES string of the molecule is OCc1c(F)cc(C(O)C(O)CCl)cc1F. The van der Waals surface area contributed by atoms with E-state index in [1.165, 1.54) is 0 Å². The Bertz CT molecular complexity index is 350. The minimum Gasteiger partial charge on any atom is -0.391 e. The highest BCUT2D eigenvalue weighted by atomic mass is 35.5. The lowest BCUT2D eigenvalue weighted by Gasteiger charge is -2.16. The van der Waals surface area contributed by atoms with E-state index in [0.29, 0.717) is 0 Å². The van der Waals surface area contributed by atoms with Gasteiger partial charge in [0.2, 0.25) is 0 Å². The summed E-state index contributed by atoms with van der Waals surface area (Å²) >= 11 is 5.30. The van der Waals surface area contributed by atoms with E-state index in [4.69, 9.17) is 16.7 Å². The van der Waals surface area contributed by atoms with Crippen LogP contribution in [0.2, 0.25) is 0 Å². The second kappa shape index (κ2) is 5.54. The fraction of sp³-hybridized carbons (Fsp3) is 0.400. The second-order valence-corrected chi connectivity index (χ2v) is 3.60. The quantitative estimate of drug-likeness (QED) is 0.703. The van der Waals surface area contributed by atoms with Gasteiger partial charge in [0.05, 0.1) is 18.6 Å². The van der Waals surface area contributed by atoms with Crippen molar-refractivity contribution in [2.24, 2.45) is 0 Å². The van der Waals surface area contributed by atoms with E-state index < -0.39 is 36.0 Å². The molecule has 0 aliphatic rings. The summed E-state index contributed by atoms with van der Waals surface area (Å²) in [7, 11) is 0. The first kappa shape index (κ1) is 13.3. The Kier molecular flexibility index (Phi) is 4.61. The van der Waals surface area contributed by atoms with Crippen LogP contribution in [-0.2, 0) is 6.61 Å². The van der Waals surface area contributed by atoms with Gasteiger partial charge >= 0.3 is 0 Å². The molecule has 0 amide bonds. The van der Waals surface area contributed by atoms with E-state index in [1.54, 1.807) is 0 Å². The lowest BCUT2D eigenvalue weighted by Crippen LogP contribution is -2.20. The molecule has 90 valence electrons. The highest BCUT2D eigenvalue weighted by molar-refractivity contribution is 6.18. The van der Waals surface area contributed by atoms with Crippen LogP contribution in [0.4, 0.5) is 8.78 Å². The van der Waals surface area contributed by atoms with Crippen molar-refractivity contribution < 1.29 is 24.1 Å². The van der Waals surface area contributed by atoms with Crippen LogP contribution in [0.3, 0.4) is 0 Å². The molecule has 3 N–H and O–H groups in total. The Labute approximate surface area is 95.9 Å². The van der Waals surface area contributed by atoms with Gasteiger partial charge in [0.1, 0.15) is 17.7 Å². The molecule has 0 saturated heterocycles.